The van der Waals surface area contributed by atoms with Crippen LogP contribution in [0.1, 0.15) is 47.3 Å². The Bertz CT molecular complexity index is 892. The second kappa shape index (κ2) is 10.6. The van der Waals surface area contributed by atoms with Crippen molar-refractivity contribution < 1.29 is 9.59 Å². The van der Waals surface area contributed by atoms with Crippen molar-refractivity contribution in [1.82, 2.24) is 15.1 Å². The predicted octanol–water partition coefficient (Wildman–Crippen LogP) is 3.79. The lowest BCUT2D eigenvalue weighted by molar-refractivity contribution is -0.134. The van der Waals surface area contributed by atoms with E-state index in [1.807, 2.05) is 43.9 Å². The summed E-state index contributed by atoms with van der Waals surface area (Å²) in [6, 6.07) is 15.6. The Balaban J connectivity index is 1.62. The van der Waals surface area contributed by atoms with Crippen molar-refractivity contribution in [2.75, 3.05) is 26.2 Å². The van der Waals surface area contributed by atoms with E-state index in [2.05, 4.69) is 41.4 Å². The molecule has 3 rings (SSSR count). The summed E-state index contributed by atoms with van der Waals surface area (Å²) in [6.07, 6.45) is 0.939. The molecular formula is C26H35N3O2. The van der Waals surface area contributed by atoms with Crippen molar-refractivity contribution in [1.29, 1.82) is 0 Å². The smallest absolute Gasteiger partial charge is 0.252 e. The maximum atomic E-state index is 13.3. The summed E-state index contributed by atoms with van der Waals surface area (Å²) in [4.78, 5) is 30.5. The highest BCUT2D eigenvalue weighted by molar-refractivity contribution is 5.98. The number of carbonyl (C=O) groups excluding carboxylic acids is 2. The zero-order valence-electron chi connectivity index (χ0n) is 19.2. The number of aryl methyl sites for hydroxylation is 2. The van der Waals surface area contributed by atoms with Gasteiger partial charge in [0.15, 0.2) is 0 Å². The van der Waals surface area contributed by atoms with Crippen LogP contribution >= 0.6 is 0 Å². The molecule has 1 heterocycles. The monoisotopic (exact) mass is 421 g/mol. The quantitative estimate of drug-likeness (QED) is 0.772. The fourth-order valence-corrected chi connectivity index (χ4v) is 4.06. The summed E-state index contributed by atoms with van der Waals surface area (Å²) < 4.78 is 0. The summed E-state index contributed by atoms with van der Waals surface area (Å²) >= 11 is 0. The molecule has 2 amide bonds. The third-order valence-corrected chi connectivity index (χ3v) is 6.04. The summed E-state index contributed by atoms with van der Waals surface area (Å²) in [6.45, 7) is 12.1. The molecule has 1 unspecified atom stereocenters. The van der Waals surface area contributed by atoms with Gasteiger partial charge in [0.1, 0.15) is 6.04 Å². The van der Waals surface area contributed by atoms with E-state index in [1.165, 1.54) is 11.1 Å². The second-order valence-corrected chi connectivity index (χ2v) is 8.95. The first-order valence-corrected chi connectivity index (χ1v) is 11.3. The minimum absolute atomic E-state index is 0.0207. The zero-order valence-corrected chi connectivity index (χ0v) is 19.2. The number of carbonyl (C=O) groups is 2. The van der Waals surface area contributed by atoms with Crippen molar-refractivity contribution in [3.63, 3.8) is 0 Å². The van der Waals surface area contributed by atoms with Gasteiger partial charge >= 0.3 is 0 Å². The maximum Gasteiger partial charge on any atom is 0.252 e. The molecule has 2 aromatic rings. The van der Waals surface area contributed by atoms with Gasteiger partial charge in [-0.3, -0.25) is 14.5 Å². The predicted molar refractivity (Wildman–Crippen MR) is 125 cm³/mol. The van der Waals surface area contributed by atoms with E-state index >= 15 is 0 Å². The molecule has 0 spiro atoms. The van der Waals surface area contributed by atoms with Crippen molar-refractivity contribution in [2.24, 2.45) is 5.92 Å². The standard InChI is InChI=1S/C26H35N3O2/c1-19(2)24(27-25(30)23-9-6-5-8-21(23)4)26(31)29-15-7-14-28(16-17-29)18-22-12-10-20(3)11-13-22/h5-6,8-13,19,24H,7,14-18H2,1-4H3,(H,27,30). The van der Waals surface area contributed by atoms with E-state index in [1.54, 1.807) is 6.07 Å². The van der Waals surface area contributed by atoms with E-state index in [0.29, 0.717) is 12.1 Å². The van der Waals surface area contributed by atoms with Crippen molar-refractivity contribution in [3.8, 4) is 0 Å². The summed E-state index contributed by atoms with van der Waals surface area (Å²) in [5, 5.41) is 3.00. The highest BCUT2D eigenvalue weighted by atomic mass is 16.2. The van der Waals surface area contributed by atoms with Gasteiger partial charge in [-0.2, -0.15) is 0 Å². The Kier molecular flexibility index (Phi) is 7.85. The van der Waals surface area contributed by atoms with Crippen molar-refractivity contribution >= 4 is 11.8 Å². The average Bonchev–Trinajstić information content (AvgIpc) is 2.99. The van der Waals surface area contributed by atoms with Crippen LogP contribution in [0.4, 0.5) is 0 Å². The first-order chi connectivity index (χ1) is 14.8. The normalized spacial score (nSPS) is 16.1. The Hall–Kier alpha value is -2.66. The van der Waals surface area contributed by atoms with Gasteiger partial charge in [0, 0.05) is 38.3 Å². The lowest BCUT2D eigenvalue weighted by Crippen LogP contribution is -2.52. The van der Waals surface area contributed by atoms with E-state index in [4.69, 9.17) is 0 Å². The summed E-state index contributed by atoms with van der Waals surface area (Å²) in [5.41, 5.74) is 4.11. The number of benzene rings is 2. The Morgan fingerprint density at radius 2 is 1.65 bits per heavy atom. The molecule has 5 heteroatoms. The molecular weight excluding hydrogens is 386 g/mol. The SMILES string of the molecule is Cc1ccc(CN2CCCN(C(=O)C(NC(=O)c3ccccc3C)C(C)C)CC2)cc1. The highest BCUT2D eigenvalue weighted by Gasteiger charge is 2.30. The first kappa shape index (κ1) is 23.0. The third kappa shape index (κ3) is 6.17. The van der Waals surface area contributed by atoms with Crippen molar-refractivity contribution in [2.45, 2.75) is 46.7 Å². The lowest BCUT2D eigenvalue weighted by Gasteiger charge is -2.29. The van der Waals surface area contributed by atoms with Gasteiger partial charge in [-0.1, -0.05) is 61.9 Å². The number of nitrogens with zero attached hydrogens (tertiary/aromatic N) is 2. The molecule has 0 aromatic heterocycles. The van der Waals surface area contributed by atoms with Crippen LogP contribution in [-0.4, -0.2) is 53.8 Å². The fourth-order valence-electron chi connectivity index (χ4n) is 4.06. The van der Waals surface area contributed by atoms with Gasteiger partial charge in [0.2, 0.25) is 5.91 Å². The van der Waals surface area contributed by atoms with E-state index in [-0.39, 0.29) is 17.7 Å². The number of hydrogen-bond donors (Lipinski definition) is 1. The molecule has 1 fully saturated rings. The maximum absolute atomic E-state index is 13.3. The van der Waals surface area contributed by atoms with Crippen LogP contribution < -0.4 is 5.32 Å². The molecule has 0 radical (unpaired) electrons. The van der Waals surface area contributed by atoms with E-state index in [9.17, 15) is 9.59 Å². The number of rotatable bonds is 6. The van der Waals surface area contributed by atoms with Crippen LogP contribution in [0, 0.1) is 19.8 Å². The summed E-state index contributed by atoms with van der Waals surface area (Å²) in [5.74, 6) is -0.137. The van der Waals surface area contributed by atoms with Gasteiger partial charge in [0.25, 0.3) is 5.91 Å². The Morgan fingerprint density at radius 1 is 0.935 bits per heavy atom. The van der Waals surface area contributed by atoms with E-state index < -0.39 is 6.04 Å². The zero-order chi connectivity index (χ0) is 22.4. The van der Waals surface area contributed by atoms with Crippen LogP contribution in [0.3, 0.4) is 0 Å². The Labute approximate surface area is 186 Å². The summed E-state index contributed by atoms with van der Waals surface area (Å²) in [7, 11) is 0. The van der Waals surface area contributed by atoms with Crippen LogP contribution in [-0.2, 0) is 11.3 Å². The number of hydrogen-bond acceptors (Lipinski definition) is 3. The lowest BCUT2D eigenvalue weighted by atomic mass is 10.0. The Morgan fingerprint density at radius 3 is 2.32 bits per heavy atom. The number of amides is 2. The molecule has 1 saturated heterocycles. The van der Waals surface area contributed by atoms with Crippen LogP contribution in [0.5, 0.6) is 0 Å². The van der Waals surface area contributed by atoms with Crippen LogP contribution in [0.2, 0.25) is 0 Å². The van der Waals surface area contributed by atoms with E-state index in [0.717, 1.165) is 38.2 Å². The largest absolute Gasteiger partial charge is 0.340 e. The molecule has 1 aliphatic rings. The van der Waals surface area contributed by atoms with Gasteiger partial charge < -0.3 is 10.2 Å². The first-order valence-electron chi connectivity index (χ1n) is 11.3. The average molecular weight is 422 g/mol. The van der Waals surface area contributed by atoms with Gasteiger partial charge in [-0.05, 0) is 43.4 Å². The number of nitrogens with one attached hydrogen (secondary N) is 1. The minimum Gasteiger partial charge on any atom is -0.340 e. The van der Waals surface area contributed by atoms with Gasteiger partial charge in [-0.25, -0.2) is 0 Å². The molecule has 0 saturated carbocycles. The van der Waals surface area contributed by atoms with Gasteiger partial charge in [-0.15, -0.1) is 0 Å². The van der Waals surface area contributed by atoms with Crippen LogP contribution in [0.15, 0.2) is 48.5 Å². The molecule has 0 aliphatic carbocycles. The molecule has 5 nitrogen and oxygen atoms in total. The fraction of sp³-hybridized carbons (Fsp3) is 0.462. The second-order valence-electron chi connectivity index (χ2n) is 8.95. The molecule has 1 N–H and O–H groups in total. The minimum atomic E-state index is -0.518. The molecule has 2 aromatic carbocycles. The molecule has 1 aliphatic heterocycles. The topological polar surface area (TPSA) is 52.6 Å². The third-order valence-electron chi connectivity index (χ3n) is 6.04. The molecule has 31 heavy (non-hydrogen) atoms. The molecule has 1 atom stereocenters. The van der Waals surface area contributed by atoms with Crippen LogP contribution in [0.25, 0.3) is 0 Å². The molecule has 166 valence electrons. The molecule has 0 bridgehead atoms. The van der Waals surface area contributed by atoms with Gasteiger partial charge in [0.05, 0.1) is 0 Å². The highest BCUT2D eigenvalue weighted by Crippen LogP contribution is 2.14. The van der Waals surface area contributed by atoms with Crippen molar-refractivity contribution in [3.05, 3.63) is 70.8 Å².